The zero-order valence-corrected chi connectivity index (χ0v) is 13.7. The minimum Gasteiger partial charge on any atom is -0.355 e. The maximum absolute atomic E-state index is 3.64. The van der Waals surface area contributed by atoms with Crippen LogP contribution in [0.1, 0.15) is 57.1 Å². The van der Waals surface area contributed by atoms with Crippen molar-refractivity contribution in [3.05, 3.63) is 64.3 Å². The molecule has 3 rings (SSSR count). The van der Waals surface area contributed by atoms with E-state index in [1.54, 1.807) is 0 Å². The summed E-state index contributed by atoms with van der Waals surface area (Å²) in [6.07, 6.45) is 10.7. The summed E-state index contributed by atoms with van der Waals surface area (Å²) in [6.45, 7) is 4.48. The first-order valence-electron chi connectivity index (χ1n) is 8.53. The summed E-state index contributed by atoms with van der Waals surface area (Å²) in [5.41, 5.74) is 5.52. The fraction of sp³-hybridized carbons (Fsp3) is 0.333. The van der Waals surface area contributed by atoms with Crippen LogP contribution in [0.4, 0.5) is 0 Å². The number of hydrogen-bond donors (Lipinski definition) is 1. The summed E-state index contributed by atoms with van der Waals surface area (Å²) < 4.78 is 0. The highest BCUT2D eigenvalue weighted by Crippen LogP contribution is 2.28. The summed E-state index contributed by atoms with van der Waals surface area (Å²) in [5, 5.41) is 2.61. The van der Waals surface area contributed by atoms with Gasteiger partial charge in [0.25, 0.3) is 0 Å². The van der Waals surface area contributed by atoms with Gasteiger partial charge in [-0.25, -0.2) is 0 Å². The van der Waals surface area contributed by atoms with Crippen molar-refractivity contribution in [2.75, 3.05) is 0 Å². The van der Waals surface area contributed by atoms with E-state index in [9.17, 15) is 0 Å². The second-order valence-electron chi connectivity index (χ2n) is 6.06. The lowest BCUT2D eigenvalue weighted by Crippen LogP contribution is -2.12. The first kappa shape index (κ1) is 14.9. The third-order valence-electron chi connectivity index (χ3n) is 4.31. The molecule has 0 amide bonds. The molecule has 0 fully saturated rings. The molecule has 1 aliphatic carbocycles. The zero-order chi connectivity index (χ0) is 15.4. The van der Waals surface area contributed by atoms with Gasteiger partial charge >= 0.3 is 0 Å². The summed E-state index contributed by atoms with van der Waals surface area (Å²) >= 11 is 0. The van der Waals surface area contributed by atoms with Gasteiger partial charge in [0.15, 0.2) is 0 Å². The van der Waals surface area contributed by atoms with E-state index in [2.05, 4.69) is 67.4 Å². The number of H-pyrrole nitrogens is 1. The van der Waals surface area contributed by atoms with Crippen LogP contribution >= 0.6 is 0 Å². The molecule has 1 heteroatoms. The highest BCUT2D eigenvalue weighted by molar-refractivity contribution is 5.91. The Labute approximate surface area is 133 Å². The monoisotopic (exact) mass is 291 g/mol. The Morgan fingerprint density at radius 3 is 2.59 bits per heavy atom. The summed E-state index contributed by atoms with van der Waals surface area (Å²) in [4.78, 5) is 3.64. The molecule has 0 saturated carbocycles. The number of hydrogen-bond acceptors (Lipinski definition) is 0. The van der Waals surface area contributed by atoms with E-state index < -0.39 is 0 Å². The lowest BCUT2D eigenvalue weighted by Gasteiger charge is -2.02. The second kappa shape index (κ2) is 6.83. The number of fused-ring (bicyclic) bond motifs is 1. The molecule has 1 heterocycles. The number of allylic oxidation sites excluding steroid dienone is 1. The molecule has 1 aromatic heterocycles. The first-order chi connectivity index (χ1) is 10.8. The lowest BCUT2D eigenvalue weighted by atomic mass is 10.0. The van der Waals surface area contributed by atoms with Gasteiger partial charge < -0.3 is 4.98 Å². The molecule has 1 N–H and O–H groups in total. The first-order valence-corrected chi connectivity index (χ1v) is 8.53. The second-order valence-corrected chi connectivity index (χ2v) is 6.06. The lowest BCUT2D eigenvalue weighted by molar-refractivity contribution is 0.823. The number of aromatic amines is 1. The van der Waals surface area contributed by atoms with Crippen molar-refractivity contribution in [1.29, 1.82) is 0 Å². The van der Waals surface area contributed by atoms with Crippen LogP contribution in [-0.4, -0.2) is 4.98 Å². The van der Waals surface area contributed by atoms with Gasteiger partial charge in [0.05, 0.1) is 0 Å². The molecule has 0 atom stereocenters. The van der Waals surface area contributed by atoms with E-state index in [-0.39, 0.29) is 0 Å². The van der Waals surface area contributed by atoms with E-state index in [0.717, 1.165) is 12.8 Å². The summed E-state index contributed by atoms with van der Waals surface area (Å²) in [6, 6.07) is 13.1. The summed E-state index contributed by atoms with van der Waals surface area (Å²) in [5.74, 6) is 0. The van der Waals surface area contributed by atoms with Gasteiger partial charge in [-0.05, 0) is 48.1 Å². The molecule has 0 spiro atoms. The number of rotatable bonds is 6. The van der Waals surface area contributed by atoms with E-state index in [4.69, 9.17) is 0 Å². The molecule has 0 radical (unpaired) electrons. The van der Waals surface area contributed by atoms with Crippen molar-refractivity contribution in [3.63, 3.8) is 0 Å². The Hall–Kier alpha value is -2.02. The van der Waals surface area contributed by atoms with Crippen LogP contribution in [0.5, 0.6) is 0 Å². The zero-order valence-electron chi connectivity index (χ0n) is 13.7. The summed E-state index contributed by atoms with van der Waals surface area (Å²) in [7, 11) is 0. The highest BCUT2D eigenvalue weighted by atomic mass is 14.7. The standard InChI is InChI=1S/C21H25N/c1-3-5-10-17-14-19(16-11-8-7-9-12-16)20-15-18(13-6-4-2)22-21(17)20/h7-9,11-15,22H,3-6,10H2,1-2H3. The van der Waals surface area contributed by atoms with Gasteiger partial charge in [-0.2, -0.15) is 0 Å². The molecule has 1 aromatic carbocycles. The van der Waals surface area contributed by atoms with Crippen molar-refractivity contribution < 1.29 is 0 Å². The average Bonchev–Trinajstić information content (AvgIpc) is 3.11. The molecule has 2 aromatic rings. The maximum atomic E-state index is 3.64. The smallest absolute Gasteiger partial charge is 0.0497 e. The normalized spacial score (nSPS) is 14.4. The fourth-order valence-electron chi connectivity index (χ4n) is 3.10. The molecular formula is C21H25N. The Morgan fingerprint density at radius 2 is 1.86 bits per heavy atom. The maximum Gasteiger partial charge on any atom is 0.0497 e. The third kappa shape index (κ3) is 2.94. The van der Waals surface area contributed by atoms with E-state index >= 15 is 0 Å². The average molecular weight is 291 g/mol. The number of benzene rings is 1. The van der Waals surface area contributed by atoms with E-state index in [0.29, 0.717) is 0 Å². The van der Waals surface area contributed by atoms with Crippen molar-refractivity contribution in [2.45, 2.75) is 46.0 Å². The van der Waals surface area contributed by atoms with Crippen LogP contribution in [0.25, 0.3) is 17.2 Å². The van der Waals surface area contributed by atoms with Crippen LogP contribution in [0, 0.1) is 0 Å². The Balaban J connectivity index is 2.06. The molecule has 1 aliphatic rings. The van der Waals surface area contributed by atoms with Crippen LogP contribution in [-0.2, 0) is 0 Å². The molecular weight excluding hydrogens is 266 g/mol. The molecule has 1 nitrogen and oxygen atoms in total. The quantitative estimate of drug-likeness (QED) is 0.813. The van der Waals surface area contributed by atoms with Gasteiger partial charge in [-0.1, -0.05) is 63.1 Å². The molecule has 22 heavy (non-hydrogen) atoms. The SMILES string of the molecule is CCCC=c1cc2c([nH]1)=C(CCCC)C=C2c1ccccc1. The largest absolute Gasteiger partial charge is 0.355 e. The van der Waals surface area contributed by atoms with Crippen LogP contribution in [0.2, 0.25) is 0 Å². The van der Waals surface area contributed by atoms with Gasteiger partial charge in [0.2, 0.25) is 0 Å². The predicted molar refractivity (Wildman–Crippen MR) is 95.9 cm³/mol. The molecule has 0 aliphatic heterocycles. The van der Waals surface area contributed by atoms with E-state index in [1.807, 2.05) is 0 Å². The van der Waals surface area contributed by atoms with Crippen molar-refractivity contribution >= 4 is 17.2 Å². The van der Waals surface area contributed by atoms with Crippen LogP contribution in [0.3, 0.4) is 0 Å². The molecule has 0 saturated heterocycles. The minimum atomic E-state index is 1.13. The van der Waals surface area contributed by atoms with Crippen molar-refractivity contribution in [3.8, 4) is 0 Å². The van der Waals surface area contributed by atoms with E-state index in [1.165, 1.54) is 52.2 Å². The number of aromatic nitrogens is 1. The van der Waals surface area contributed by atoms with Crippen LogP contribution < -0.4 is 10.7 Å². The third-order valence-corrected chi connectivity index (χ3v) is 4.31. The Kier molecular flexibility index (Phi) is 4.62. The topological polar surface area (TPSA) is 15.8 Å². The van der Waals surface area contributed by atoms with Crippen molar-refractivity contribution in [1.82, 2.24) is 4.98 Å². The fourth-order valence-corrected chi connectivity index (χ4v) is 3.10. The van der Waals surface area contributed by atoms with Crippen molar-refractivity contribution in [2.24, 2.45) is 0 Å². The highest BCUT2D eigenvalue weighted by Gasteiger charge is 2.16. The van der Waals surface area contributed by atoms with Gasteiger partial charge in [-0.3, -0.25) is 0 Å². The Morgan fingerprint density at radius 1 is 1.05 bits per heavy atom. The number of nitrogens with one attached hydrogen (secondary N) is 1. The van der Waals surface area contributed by atoms with Crippen LogP contribution in [0.15, 0.2) is 42.5 Å². The van der Waals surface area contributed by atoms with Gasteiger partial charge in [0.1, 0.15) is 0 Å². The molecule has 114 valence electrons. The van der Waals surface area contributed by atoms with Gasteiger partial charge in [-0.15, -0.1) is 0 Å². The molecule has 0 unspecified atom stereocenters. The molecule has 0 bridgehead atoms. The minimum absolute atomic E-state index is 1.13. The predicted octanol–water partition coefficient (Wildman–Crippen LogP) is 4.38. The van der Waals surface area contributed by atoms with Gasteiger partial charge in [0, 0.05) is 16.3 Å². The number of unbranched alkanes of at least 4 members (excludes halogenated alkanes) is 2. The Bertz CT molecular complexity index is 775.